The number of aliphatic hydroxyl groups is 1. The second kappa shape index (κ2) is 7.05. The minimum absolute atomic E-state index is 0.201. The van der Waals surface area contributed by atoms with Gasteiger partial charge in [-0.2, -0.15) is 5.10 Å². The van der Waals surface area contributed by atoms with Crippen LogP contribution in [-0.4, -0.2) is 33.7 Å². The van der Waals surface area contributed by atoms with Crippen molar-refractivity contribution in [3.8, 4) is 0 Å². The molecule has 0 aromatic carbocycles. The lowest BCUT2D eigenvalue weighted by atomic mass is 9.90. The third-order valence-corrected chi connectivity index (χ3v) is 5.17. The third kappa shape index (κ3) is 3.10. The third-order valence-electron chi connectivity index (χ3n) is 4.25. The number of aliphatic hydroxyl groups excluding tert-OH is 1. The number of halogens is 1. The second-order valence-corrected chi connectivity index (χ2v) is 6.21. The summed E-state index contributed by atoms with van der Waals surface area (Å²) in [6.45, 7) is 7.91. The van der Waals surface area contributed by atoms with Gasteiger partial charge in [-0.3, -0.25) is 4.68 Å². The van der Waals surface area contributed by atoms with Gasteiger partial charge < -0.3 is 9.84 Å². The first-order chi connectivity index (χ1) is 9.62. The summed E-state index contributed by atoms with van der Waals surface area (Å²) in [7, 11) is 0. The fourth-order valence-corrected chi connectivity index (χ4v) is 3.81. The predicted octanol–water partition coefficient (Wildman–Crippen LogP) is 2.95. The van der Waals surface area contributed by atoms with Crippen LogP contribution in [0.2, 0.25) is 0 Å². The van der Waals surface area contributed by atoms with Crippen molar-refractivity contribution in [2.75, 3.05) is 6.61 Å². The summed E-state index contributed by atoms with van der Waals surface area (Å²) >= 11 is 3.65. The van der Waals surface area contributed by atoms with Crippen LogP contribution in [0.15, 0.2) is 4.47 Å². The molecule has 1 fully saturated rings. The Morgan fingerprint density at radius 2 is 2.20 bits per heavy atom. The first-order valence-electron chi connectivity index (χ1n) is 7.65. The van der Waals surface area contributed by atoms with Gasteiger partial charge in [0, 0.05) is 25.5 Å². The minimum atomic E-state index is -0.356. The number of ether oxygens (including phenoxy) is 1. The van der Waals surface area contributed by atoms with Gasteiger partial charge in [0.15, 0.2) is 0 Å². The molecule has 4 nitrogen and oxygen atoms in total. The van der Waals surface area contributed by atoms with Gasteiger partial charge in [-0.15, -0.1) is 0 Å². The fraction of sp³-hybridized carbons (Fsp3) is 0.800. The van der Waals surface area contributed by atoms with Gasteiger partial charge in [-0.25, -0.2) is 0 Å². The van der Waals surface area contributed by atoms with E-state index < -0.39 is 0 Å². The van der Waals surface area contributed by atoms with Gasteiger partial charge in [0.05, 0.1) is 28.1 Å². The average molecular weight is 345 g/mol. The molecule has 1 aromatic rings. The summed E-state index contributed by atoms with van der Waals surface area (Å²) in [5.74, 6) is 0.247. The Kier molecular flexibility index (Phi) is 5.64. The van der Waals surface area contributed by atoms with Crippen LogP contribution in [0.25, 0.3) is 0 Å². The standard InChI is InChI=1S/C15H25BrN2O2/c1-4-11-15(16)12(18(6-3)17-11)9-13(19)10-7-8-20-14(10)5-2/h10,13-14,19H,4-9H2,1-3H3. The van der Waals surface area contributed by atoms with Gasteiger partial charge in [0.1, 0.15) is 0 Å². The number of aromatic nitrogens is 2. The topological polar surface area (TPSA) is 47.3 Å². The fourth-order valence-electron chi connectivity index (χ4n) is 3.09. The van der Waals surface area contributed by atoms with Crippen molar-refractivity contribution in [1.29, 1.82) is 0 Å². The van der Waals surface area contributed by atoms with Crippen molar-refractivity contribution in [3.05, 3.63) is 15.9 Å². The number of nitrogens with zero attached hydrogens (tertiary/aromatic N) is 2. The normalized spacial score (nSPS) is 24.2. The Hall–Kier alpha value is -0.390. The number of aryl methyl sites for hydroxylation is 2. The van der Waals surface area contributed by atoms with E-state index in [9.17, 15) is 5.11 Å². The molecule has 1 N–H and O–H groups in total. The molecule has 2 heterocycles. The molecule has 0 spiro atoms. The van der Waals surface area contributed by atoms with Crippen LogP contribution in [0.4, 0.5) is 0 Å². The summed E-state index contributed by atoms with van der Waals surface area (Å²) in [5, 5.41) is 15.2. The molecular formula is C15H25BrN2O2. The van der Waals surface area contributed by atoms with Gasteiger partial charge >= 0.3 is 0 Å². The zero-order valence-corrected chi connectivity index (χ0v) is 14.2. The van der Waals surface area contributed by atoms with E-state index >= 15 is 0 Å². The highest BCUT2D eigenvalue weighted by molar-refractivity contribution is 9.10. The molecule has 1 saturated heterocycles. The molecule has 114 valence electrons. The molecule has 3 unspecified atom stereocenters. The molecule has 1 aliphatic rings. The van der Waals surface area contributed by atoms with Crippen LogP contribution in [0, 0.1) is 5.92 Å². The summed E-state index contributed by atoms with van der Waals surface area (Å²) < 4.78 is 8.76. The van der Waals surface area contributed by atoms with Crippen molar-refractivity contribution < 1.29 is 9.84 Å². The van der Waals surface area contributed by atoms with Gasteiger partial charge in [-0.05, 0) is 42.1 Å². The second-order valence-electron chi connectivity index (χ2n) is 5.42. The van der Waals surface area contributed by atoms with Gasteiger partial charge in [0.25, 0.3) is 0 Å². The van der Waals surface area contributed by atoms with Gasteiger partial charge in [0.2, 0.25) is 0 Å². The quantitative estimate of drug-likeness (QED) is 0.862. The lowest BCUT2D eigenvalue weighted by molar-refractivity contribution is 0.0309. The maximum absolute atomic E-state index is 10.6. The van der Waals surface area contributed by atoms with E-state index in [1.165, 1.54) is 0 Å². The van der Waals surface area contributed by atoms with E-state index in [4.69, 9.17) is 4.74 Å². The summed E-state index contributed by atoms with van der Waals surface area (Å²) in [4.78, 5) is 0. The van der Waals surface area contributed by atoms with Crippen molar-refractivity contribution in [1.82, 2.24) is 9.78 Å². The van der Waals surface area contributed by atoms with E-state index in [0.717, 1.165) is 48.3 Å². The molecule has 0 aliphatic carbocycles. The Bertz CT molecular complexity index is 447. The molecule has 0 amide bonds. The van der Waals surface area contributed by atoms with E-state index in [0.29, 0.717) is 6.42 Å². The van der Waals surface area contributed by atoms with E-state index in [1.54, 1.807) is 0 Å². The SMILES string of the molecule is CCc1nn(CC)c(CC(O)C2CCOC2CC)c1Br. The lowest BCUT2D eigenvalue weighted by Crippen LogP contribution is -2.30. The predicted molar refractivity (Wildman–Crippen MR) is 82.8 cm³/mol. The Labute approximate surface area is 129 Å². The molecular weight excluding hydrogens is 320 g/mol. The smallest absolute Gasteiger partial charge is 0.0766 e. The first-order valence-corrected chi connectivity index (χ1v) is 8.45. The van der Waals surface area contributed by atoms with Crippen molar-refractivity contribution >= 4 is 15.9 Å². The van der Waals surface area contributed by atoms with Crippen LogP contribution in [0.5, 0.6) is 0 Å². The maximum Gasteiger partial charge on any atom is 0.0766 e. The van der Waals surface area contributed by atoms with Crippen LogP contribution < -0.4 is 0 Å². The molecule has 5 heteroatoms. The van der Waals surface area contributed by atoms with Crippen LogP contribution in [0.3, 0.4) is 0 Å². The highest BCUT2D eigenvalue weighted by Crippen LogP contribution is 2.30. The Balaban J connectivity index is 2.14. The lowest BCUT2D eigenvalue weighted by Gasteiger charge is -2.23. The molecule has 1 aromatic heterocycles. The van der Waals surface area contributed by atoms with Crippen LogP contribution in [-0.2, 0) is 24.1 Å². The highest BCUT2D eigenvalue weighted by Gasteiger charge is 2.33. The van der Waals surface area contributed by atoms with Crippen LogP contribution in [0.1, 0.15) is 45.0 Å². The molecule has 0 bridgehead atoms. The zero-order valence-electron chi connectivity index (χ0n) is 12.6. The van der Waals surface area contributed by atoms with E-state index in [1.807, 2.05) is 4.68 Å². The van der Waals surface area contributed by atoms with Crippen molar-refractivity contribution in [2.45, 2.75) is 65.2 Å². The Morgan fingerprint density at radius 3 is 2.80 bits per heavy atom. The first kappa shape index (κ1) is 16.0. The molecule has 0 radical (unpaired) electrons. The molecule has 2 rings (SSSR count). The molecule has 3 atom stereocenters. The summed E-state index contributed by atoms with van der Waals surface area (Å²) in [6, 6.07) is 0. The molecule has 0 saturated carbocycles. The van der Waals surface area contributed by atoms with E-state index in [-0.39, 0.29) is 18.1 Å². The largest absolute Gasteiger partial charge is 0.392 e. The number of hydrogen-bond acceptors (Lipinski definition) is 3. The summed E-state index contributed by atoms with van der Waals surface area (Å²) in [5.41, 5.74) is 2.18. The van der Waals surface area contributed by atoms with Crippen molar-refractivity contribution in [2.24, 2.45) is 5.92 Å². The maximum atomic E-state index is 10.6. The highest BCUT2D eigenvalue weighted by atomic mass is 79.9. The monoisotopic (exact) mass is 344 g/mol. The van der Waals surface area contributed by atoms with Gasteiger partial charge in [-0.1, -0.05) is 13.8 Å². The summed E-state index contributed by atoms with van der Waals surface area (Å²) in [6.07, 6.45) is 3.32. The Morgan fingerprint density at radius 1 is 1.45 bits per heavy atom. The minimum Gasteiger partial charge on any atom is -0.392 e. The average Bonchev–Trinajstić information content (AvgIpc) is 3.04. The number of rotatable bonds is 6. The molecule has 1 aliphatic heterocycles. The van der Waals surface area contributed by atoms with Crippen molar-refractivity contribution in [3.63, 3.8) is 0 Å². The zero-order chi connectivity index (χ0) is 14.7. The van der Waals surface area contributed by atoms with E-state index in [2.05, 4.69) is 41.8 Å². The molecule has 20 heavy (non-hydrogen) atoms. The van der Waals surface area contributed by atoms with Crippen LogP contribution >= 0.6 is 15.9 Å². The number of hydrogen-bond donors (Lipinski definition) is 1.